The summed E-state index contributed by atoms with van der Waals surface area (Å²) in [7, 11) is 0. The summed E-state index contributed by atoms with van der Waals surface area (Å²) in [5.41, 5.74) is 0.0404. The molecule has 0 radical (unpaired) electrons. The van der Waals surface area contributed by atoms with Crippen molar-refractivity contribution in [2.24, 2.45) is 0 Å². The minimum absolute atomic E-state index is 0.0404. The second-order valence-electron chi connectivity index (χ2n) is 5.80. The highest BCUT2D eigenvalue weighted by Crippen LogP contribution is 2.28. The average Bonchev–Trinajstić information content (AvgIpc) is 2.79. The van der Waals surface area contributed by atoms with Crippen molar-refractivity contribution in [3.05, 3.63) is 28.8 Å². The zero-order valence-electron chi connectivity index (χ0n) is 11.8. The molecule has 2 heterocycles. The Kier molecular flexibility index (Phi) is 4.49. The van der Waals surface area contributed by atoms with Gasteiger partial charge in [-0.2, -0.15) is 8.78 Å². The van der Waals surface area contributed by atoms with Gasteiger partial charge in [-0.3, -0.25) is 4.79 Å². The van der Waals surface area contributed by atoms with E-state index >= 15 is 0 Å². The number of carbonyl (C=O) groups is 1. The van der Waals surface area contributed by atoms with E-state index in [9.17, 15) is 13.6 Å². The number of alkyl halides is 2. The fourth-order valence-electron chi connectivity index (χ4n) is 3.32. The van der Waals surface area contributed by atoms with E-state index in [-0.39, 0.29) is 17.4 Å². The lowest BCUT2D eigenvalue weighted by Crippen LogP contribution is -2.48. The molecule has 1 amide bonds. The Morgan fingerprint density at radius 3 is 2.64 bits per heavy atom. The van der Waals surface area contributed by atoms with Crippen molar-refractivity contribution < 1.29 is 18.3 Å². The van der Waals surface area contributed by atoms with Gasteiger partial charge in [0.2, 0.25) is 0 Å². The maximum atomic E-state index is 12.4. The van der Waals surface area contributed by atoms with Crippen LogP contribution in [-0.2, 0) is 0 Å². The second kappa shape index (κ2) is 6.38. The Morgan fingerprint density at radius 2 is 2.00 bits per heavy atom. The van der Waals surface area contributed by atoms with Crippen LogP contribution in [-0.4, -0.2) is 30.6 Å². The minimum atomic E-state index is -2.98. The number of hydrogen-bond acceptors (Lipinski definition) is 3. The van der Waals surface area contributed by atoms with E-state index in [0.29, 0.717) is 17.1 Å². The molecule has 120 valence electrons. The summed E-state index contributed by atoms with van der Waals surface area (Å²) in [5.74, 6) is -0.585. The molecular formula is C15H17ClF2N2O2. The first kappa shape index (κ1) is 15.5. The van der Waals surface area contributed by atoms with E-state index in [1.807, 2.05) is 0 Å². The molecule has 1 aromatic carbocycles. The standard InChI is InChI=1S/C15H17ClF2N2O2/c16-8-1-4-13(22-15(17)18)12(5-8)14(21)20-11-6-9-2-3-10(7-11)19-9/h1,4-5,9-11,15,19H,2-3,6-7H2,(H,20,21). The van der Waals surface area contributed by atoms with Gasteiger partial charge in [0.15, 0.2) is 0 Å². The third kappa shape index (κ3) is 3.50. The highest BCUT2D eigenvalue weighted by molar-refractivity contribution is 6.31. The molecule has 1 aromatic rings. The zero-order chi connectivity index (χ0) is 15.7. The summed E-state index contributed by atoms with van der Waals surface area (Å²) in [6, 6.07) is 4.96. The smallest absolute Gasteiger partial charge is 0.387 e. The Labute approximate surface area is 132 Å². The number of hydrogen-bond donors (Lipinski definition) is 2. The summed E-state index contributed by atoms with van der Waals surface area (Å²) >= 11 is 5.86. The first-order valence-electron chi connectivity index (χ1n) is 7.32. The topological polar surface area (TPSA) is 50.4 Å². The Balaban J connectivity index is 1.72. The number of ether oxygens (including phenoxy) is 1. The van der Waals surface area contributed by atoms with Gasteiger partial charge in [-0.05, 0) is 43.9 Å². The van der Waals surface area contributed by atoms with E-state index in [4.69, 9.17) is 11.6 Å². The predicted octanol–water partition coefficient (Wildman–Crippen LogP) is 2.95. The summed E-state index contributed by atoms with van der Waals surface area (Å²) < 4.78 is 29.3. The van der Waals surface area contributed by atoms with Crippen molar-refractivity contribution >= 4 is 17.5 Å². The molecule has 0 aliphatic carbocycles. The lowest BCUT2D eigenvalue weighted by molar-refractivity contribution is -0.0501. The minimum Gasteiger partial charge on any atom is -0.434 e. The number of nitrogens with one attached hydrogen (secondary N) is 2. The Morgan fingerprint density at radius 1 is 1.32 bits per heavy atom. The van der Waals surface area contributed by atoms with Crippen molar-refractivity contribution in [1.82, 2.24) is 10.6 Å². The summed E-state index contributed by atoms with van der Waals surface area (Å²) in [6.45, 7) is -2.98. The third-order valence-corrected chi connectivity index (χ3v) is 4.45. The summed E-state index contributed by atoms with van der Waals surface area (Å²) in [6.07, 6.45) is 3.95. The molecular weight excluding hydrogens is 314 g/mol. The summed E-state index contributed by atoms with van der Waals surface area (Å²) in [5, 5.41) is 6.70. The molecule has 3 rings (SSSR count). The van der Waals surface area contributed by atoms with Crippen molar-refractivity contribution in [1.29, 1.82) is 0 Å². The molecule has 2 bridgehead atoms. The molecule has 2 fully saturated rings. The molecule has 2 N–H and O–H groups in total. The molecule has 2 aliphatic rings. The van der Waals surface area contributed by atoms with Crippen LogP contribution in [0, 0.1) is 0 Å². The summed E-state index contributed by atoms with van der Waals surface area (Å²) in [4.78, 5) is 12.4. The Hall–Kier alpha value is -1.40. The van der Waals surface area contributed by atoms with Crippen LogP contribution >= 0.6 is 11.6 Å². The number of amides is 1. The van der Waals surface area contributed by atoms with Gasteiger partial charge < -0.3 is 15.4 Å². The fraction of sp³-hybridized carbons (Fsp3) is 0.533. The van der Waals surface area contributed by atoms with E-state index in [0.717, 1.165) is 25.7 Å². The molecule has 2 atom stereocenters. The molecule has 2 saturated heterocycles. The Bertz CT molecular complexity index is 558. The van der Waals surface area contributed by atoms with Gasteiger partial charge in [-0.15, -0.1) is 0 Å². The highest BCUT2D eigenvalue weighted by atomic mass is 35.5. The van der Waals surface area contributed by atoms with Crippen molar-refractivity contribution in [2.75, 3.05) is 0 Å². The number of piperidine rings is 1. The average molecular weight is 331 g/mol. The maximum absolute atomic E-state index is 12.4. The van der Waals surface area contributed by atoms with Gasteiger partial charge in [0, 0.05) is 23.1 Å². The third-order valence-electron chi connectivity index (χ3n) is 4.21. The van der Waals surface area contributed by atoms with Crippen LogP contribution in [0.4, 0.5) is 8.78 Å². The number of benzene rings is 1. The largest absolute Gasteiger partial charge is 0.434 e. The molecule has 4 nitrogen and oxygen atoms in total. The van der Waals surface area contributed by atoms with Gasteiger partial charge in [0.1, 0.15) is 5.75 Å². The van der Waals surface area contributed by atoms with Crippen LogP contribution in [0.1, 0.15) is 36.0 Å². The van der Waals surface area contributed by atoms with E-state index in [1.165, 1.54) is 18.2 Å². The quantitative estimate of drug-likeness (QED) is 0.892. The lowest BCUT2D eigenvalue weighted by Gasteiger charge is -2.29. The van der Waals surface area contributed by atoms with Crippen molar-refractivity contribution in [2.45, 2.75) is 50.4 Å². The number of rotatable bonds is 4. The molecule has 2 unspecified atom stereocenters. The fourth-order valence-corrected chi connectivity index (χ4v) is 3.49. The predicted molar refractivity (Wildman–Crippen MR) is 78.5 cm³/mol. The van der Waals surface area contributed by atoms with Crippen molar-refractivity contribution in [3.8, 4) is 5.75 Å². The SMILES string of the molecule is O=C(NC1CC2CCC(C1)N2)c1cc(Cl)ccc1OC(F)F. The monoisotopic (exact) mass is 330 g/mol. The molecule has 7 heteroatoms. The van der Waals surface area contributed by atoms with E-state index in [1.54, 1.807) is 0 Å². The van der Waals surface area contributed by atoms with Gasteiger partial charge >= 0.3 is 6.61 Å². The van der Waals surface area contributed by atoms with Crippen LogP contribution in [0.25, 0.3) is 0 Å². The number of halogens is 3. The highest BCUT2D eigenvalue weighted by Gasteiger charge is 2.34. The van der Waals surface area contributed by atoms with Crippen LogP contribution < -0.4 is 15.4 Å². The maximum Gasteiger partial charge on any atom is 0.387 e. The molecule has 0 aromatic heterocycles. The van der Waals surface area contributed by atoms with Gasteiger partial charge in [-0.1, -0.05) is 11.6 Å². The molecule has 0 saturated carbocycles. The second-order valence-corrected chi connectivity index (χ2v) is 6.24. The normalized spacial score (nSPS) is 27.0. The van der Waals surface area contributed by atoms with Gasteiger partial charge in [0.05, 0.1) is 5.56 Å². The van der Waals surface area contributed by atoms with Gasteiger partial charge in [-0.25, -0.2) is 0 Å². The number of fused-ring (bicyclic) bond motifs is 2. The number of carbonyl (C=O) groups excluding carboxylic acids is 1. The van der Waals surface area contributed by atoms with E-state index < -0.39 is 12.5 Å². The first-order chi connectivity index (χ1) is 10.5. The first-order valence-corrected chi connectivity index (χ1v) is 7.70. The van der Waals surface area contributed by atoms with Crippen LogP contribution in [0.15, 0.2) is 18.2 Å². The molecule has 2 aliphatic heterocycles. The van der Waals surface area contributed by atoms with Crippen molar-refractivity contribution in [3.63, 3.8) is 0 Å². The van der Waals surface area contributed by atoms with E-state index in [2.05, 4.69) is 15.4 Å². The van der Waals surface area contributed by atoms with Crippen LogP contribution in [0.3, 0.4) is 0 Å². The molecule has 0 spiro atoms. The van der Waals surface area contributed by atoms with Gasteiger partial charge in [0.25, 0.3) is 5.91 Å². The van der Waals surface area contributed by atoms with Crippen LogP contribution in [0.2, 0.25) is 5.02 Å². The molecule has 22 heavy (non-hydrogen) atoms. The zero-order valence-corrected chi connectivity index (χ0v) is 12.6. The lowest BCUT2D eigenvalue weighted by atomic mass is 9.99. The van der Waals surface area contributed by atoms with Crippen LogP contribution in [0.5, 0.6) is 5.75 Å².